The van der Waals surface area contributed by atoms with E-state index < -0.39 is 0 Å². The number of hydrogen-bond donors (Lipinski definition) is 2. The van der Waals surface area contributed by atoms with E-state index in [1.807, 2.05) is 12.1 Å². The number of nitrogens with one attached hydrogen (secondary N) is 1. The molecule has 0 unspecified atom stereocenters. The van der Waals surface area contributed by atoms with Gasteiger partial charge in [0.15, 0.2) is 0 Å². The number of phenols is 1. The Morgan fingerprint density at radius 3 is 2.72 bits per heavy atom. The van der Waals surface area contributed by atoms with Gasteiger partial charge in [0.1, 0.15) is 11.5 Å². The Hall–Kier alpha value is -1.22. The third kappa shape index (κ3) is 2.32. The molecule has 0 aliphatic heterocycles. The van der Waals surface area contributed by atoms with Crippen LogP contribution in [0.5, 0.6) is 11.5 Å². The molecule has 2 saturated carbocycles. The summed E-state index contributed by atoms with van der Waals surface area (Å²) in [7, 11) is 1.61. The Labute approximate surface area is 108 Å². The molecule has 0 saturated heterocycles. The minimum Gasteiger partial charge on any atom is -0.507 e. The molecule has 0 radical (unpaired) electrons. The van der Waals surface area contributed by atoms with E-state index in [4.69, 9.17) is 4.74 Å². The highest BCUT2D eigenvalue weighted by Gasteiger charge is 2.53. The Morgan fingerprint density at radius 2 is 2.17 bits per heavy atom. The van der Waals surface area contributed by atoms with Gasteiger partial charge in [-0.25, -0.2) is 0 Å². The summed E-state index contributed by atoms with van der Waals surface area (Å²) in [6.45, 7) is 1.84. The number of methoxy groups -OCH3 is 1. The Kier molecular flexibility index (Phi) is 2.94. The molecule has 18 heavy (non-hydrogen) atoms. The summed E-state index contributed by atoms with van der Waals surface area (Å²) in [6, 6.07) is 5.49. The van der Waals surface area contributed by atoms with Crippen molar-refractivity contribution in [2.75, 3.05) is 13.7 Å². The fourth-order valence-corrected chi connectivity index (χ4v) is 2.85. The molecule has 0 amide bonds. The fourth-order valence-electron chi connectivity index (χ4n) is 2.85. The van der Waals surface area contributed by atoms with Crippen LogP contribution in [0.3, 0.4) is 0 Å². The number of ether oxygens (including phenoxy) is 1. The maximum Gasteiger partial charge on any atom is 0.123 e. The minimum atomic E-state index is 0.318. The summed E-state index contributed by atoms with van der Waals surface area (Å²) in [5.74, 6) is 2.00. The van der Waals surface area contributed by atoms with E-state index in [1.54, 1.807) is 13.2 Å². The minimum absolute atomic E-state index is 0.318. The second kappa shape index (κ2) is 4.47. The molecule has 0 heterocycles. The van der Waals surface area contributed by atoms with E-state index in [0.29, 0.717) is 16.9 Å². The molecule has 3 heteroatoms. The zero-order valence-corrected chi connectivity index (χ0v) is 10.9. The SMILES string of the molecule is COc1ccc(CNCC2(C3CC3)CC2)c(O)c1. The number of rotatable bonds is 6. The fraction of sp³-hybridized carbons (Fsp3) is 0.600. The van der Waals surface area contributed by atoms with Gasteiger partial charge in [0.25, 0.3) is 0 Å². The van der Waals surface area contributed by atoms with Gasteiger partial charge in [-0.1, -0.05) is 6.07 Å². The van der Waals surface area contributed by atoms with Gasteiger partial charge >= 0.3 is 0 Å². The number of hydrogen-bond acceptors (Lipinski definition) is 3. The second-order valence-electron chi connectivity index (χ2n) is 5.73. The van der Waals surface area contributed by atoms with Crippen LogP contribution in [0.2, 0.25) is 0 Å². The van der Waals surface area contributed by atoms with Gasteiger partial charge < -0.3 is 15.2 Å². The third-order valence-electron chi connectivity index (χ3n) is 4.42. The molecule has 0 aromatic heterocycles. The first kappa shape index (κ1) is 11.8. The maximum absolute atomic E-state index is 9.87. The van der Waals surface area contributed by atoms with Gasteiger partial charge in [0, 0.05) is 24.7 Å². The van der Waals surface area contributed by atoms with Gasteiger partial charge in [0.2, 0.25) is 0 Å². The predicted molar refractivity (Wildman–Crippen MR) is 70.8 cm³/mol. The van der Waals surface area contributed by atoms with Crippen molar-refractivity contribution in [1.29, 1.82) is 0 Å². The van der Waals surface area contributed by atoms with Crippen molar-refractivity contribution < 1.29 is 9.84 Å². The quantitative estimate of drug-likeness (QED) is 0.812. The van der Waals surface area contributed by atoms with Crippen molar-refractivity contribution in [3.8, 4) is 11.5 Å². The summed E-state index contributed by atoms with van der Waals surface area (Å²) in [5, 5.41) is 13.4. The molecule has 0 atom stereocenters. The van der Waals surface area contributed by atoms with E-state index in [1.165, 1.54) is 25.7 Å². The molecule has 1 aromatic rings. The van der Waals surface area contributed by atoms with E-state index in [2.05, 4.69) is 5.32 Å². The molecule has 1 aromatic carbocycles. The highest BCUT2D eigenvalue weighted by molar-refractivity contribution is 5.39. The lowest BCUT2D eigenvalue weighted by Gasteiger charge is -2.15. The van der Waals surface area contributed by atoms with Crippen molar-refractivity contribution in [1.82, 2.24) is 5.32 Å². The van der Waals surface area contributed by atoms with Crippen LogP contribution in [0.4, 0.5) is 0 Å². The number of benzene rings is 1. The highest BCUT2D eigenvalue weighted by Crippen LogP contribution is 2.60. The average molecular weight is 247 g/mol. The van der Waals surface area contributed by atoms with Crippen LogP contribution in [0, 0.1) is 11.3 Å². The van der Waals surface area contributed by atoms with Crippen LogP contribution >= 0.6 is 0 Å². The number of aromatic hydroxyl groups is 1. The molecule has 0 spiro atoms. The lowest BCUT2D eigenvalue weighted by molar-refractivity contribution is 0.394. The first-order valence-electron chi connectivity index (χ1n) is 6.80. The molecule has 3 nitrogen and oxygen atoms in total. The van der Waals surface area contributed by atoms with Crippen LogP contribution in [-0.2, 0) is 6.54 Å². The number of phenolic OH excluding ortho intramolecular Hbond substituents is 1. The zero-order valence-electron chi connectivity index (χ0n) is 10.9. The molecule has 3 rings (SSSR count). The molecular weight excluding hydrogens is 226 g/mol. The van der Waals surface area contributed by atoms with E-state index in [9.17, 15) is 5.11 Å². The van der Waals surface area contributed by atoms with E-state index >= 15 is 0 Å². The van der Waals surface area contributed by atoms with Crippen molar-refractivity contribution in [3.05, 3.63) is 23.8 Å². The maximum atomic E-state index is 9.87. The molecule has 2 aliphatic carbocycles. The predicted octanol–water partition coefficient (Wildman–Crippen LogP) is 2.68. The Bertz CT molecular complexity index is 436. The van der Waals surface area contributed by atoms with E-state index in [-0.39, 0.29) is 0 Å². The lowest BCUT2D eigenvalue weighted by atomic mass is 10.0. The summed E-state index contributed by atoms with van der Waals surface area (Å²) in [4.78, 5) is 0. The van der Waals surface area contributed by atoms with Crippen molar-refractivity contribution in [3.63, 3.8) is 0 Å². The topological polar surface area (TPSA) is 41.5 Å². The van der Waals surface area contributed by atoms with Crippen LogP contribution in [0.25, 0.3) is 0 Å². The first-order valence-corrected chi connectivity index (χ1v) is 6.80. The third-order valence-corrected chi connectivity index (χ3v) is 4.42. The summed E-state index contributed by atoms with van der Waals surface area (Å²) < 4.78 is 5.08. The van der Waals surface area contributed by atoms with Crippen LogP contribution in [-0.4, -0.2) is 18.8 Å². The van der Waals surface area contributed by atoms with Gasteiger partial charge in [-0.15, -0.1) is 0 Å². The van der Waals surface area contributed by atoms with Crippen molar-refractivity contribution >= 4 is 0 Å². The zero-order chi connectivity index (χ0) is 12.6. The summed E-state index contributed by atoms with van der Waals surface area (Å²) >= 11 is 0. The second-order valence-corrected chi connectivity index (χ2v) is 5.73. The molecule has 2 N–H and O–H groups in total. The lowest BCUT2D eigenvalue weighted by Crippen LogP contribution is -2.25. The monoisotopic (exact) mass is 247 g/mol. The molecule has 2 fully saturated rings. The van der Waals surface area contributed by atoms with Gasteiger partial charge in [-0.3, -0.25) is 0 Å². The molecule has 0 bridgehead atoms. The average Bonchev–Trinajstić information content (AvgIpc) is 3.24. The van der Waals surface area contributed by atoms with Crippen LogP contribution in [0.15, 0.2) is 18.2 Å². The summed E-state index contributed by atoms with van der Waals surface area (Å²) in [6.07, 6.45) is 5.63. The van der Waals surface area contributed by atoms with Gasteiger partial charge in [-0.05, 0) is 43.1 Å². The highest BCUT2D eigenvalue weighted by atomic mass is 16.5. The van der Waals surface area contributed by atoms with Crippen LogP contribution < -0.4 is 10.1 Å². The first-order chi connectivity index (χ1) is 8.73. The normalized spacial score (nSPS) is 20.7. The Morgan fingerprint density at radius 1 is 1.39 bits per heavy atom. The smallest absolute Gasteiger partial charge is 0.123 e. The summed E-state index contributed by atoms with van der Waals surface area (Å²) in [5.41, 5.74) is 1.56. The molecular formula is C15H21NO2. The molecule has 2 aliphatic rings. The van der Waals surface area contributed by atoms with Crippen molar-refractivity contribution in [2.24, 2.45) is 11.3 Å². The standard InChI is InChI=1S/C15H21NO2/c1-18-13-5-2-11(14(17)8-13)9-16-10-15(6-7-15)12-3-4-12/h2,5,8,12,16-17H,3-4,6-7,9-10H2,1H3. The Balaban J connectivity index is 1.53. The van der Waals surface area contributed by atoms with Crippen molar-refractivity contribution in [2.45, 2.75) is 32.2 Å². The largest absolute Gasteiger partial charge is 0.507 e. The van der Waals surface area contributed by atoms with E-state index in [0.717, 1.165) is 24.6 Å². The van der Waals surface area contributed by atoms with Gasteiger partial charge in [0.05, 0.1) is 7.11 Å². The van der Waals surface area contributed by atoms with Gasteiger partial charge in [-0.2, -0.15) is 0 Å². The molecule has 98 valence electrons. The van der Waals surface area contributed by atoms with Crippen LogP contribution in [0.1, 0.15) is 31.2 Å².